The highest BCUT2D eigenvalue weighted by molar-refractivity contribution is 5.18. The molecule has 0 aliphatic heterocycles. The van der Waals surface area contributed by atoms with E-state index in [9.17, 15) is 0 Å². The molecule has 88 valence electrons. The first-order valence-corrected chi connectivity index (χ1v) is 5.23. The van der Waals surface area contributed by atoms with E-state index in [1.807, 2.05) is 11.0 Å². The Labute approximate surface area is 94.5 Å². The lowest BCUT2D eigenvalue weighted by Crippen LogP contribution is -2.27. The van der Waals surface area contributed by atoms with E-state index in [0.717, 1.165) is 0 Å². The summed E-state index contributed by atoms with van der Waals surface area (Å²) < 4.78 is 5.24. The number of rotatable bonds is 7. The zero-order chi connectivity index (χ0) is 11.8. The van der Waals surface area contributed by atoms with Gasteiger partial charge in [-0.25, -0.2) is 0 Å². The Morgan fingerprint density at radius 1 is 1.25 bits per heavy atom. The largest absolute Gasteiger partial charge is 0.449 e. The fourth-order valence-electron chi connectivity index (χ4n) is 1.45. The van der Waals surface area contributed by atoms with Crippen molar-refractivity contribution in [2.24, 2.45) is 0 Å². The Morgan fingerprint density at radius 3 is 2.62 bits per heavy atom. The van der Waals surface area contributed by atoms with Gasteiger partial charge in [-0.2, -0.15) is 5.26 Å². The smallest absolute Gasteiger partial charge is 0.203 e. The number of hydrogen-bond acceptors (Lipinski definition) is 5. The SMILES string of the molecule is N#Cc1ccc(CN(CCO)CCCO)o1. The van der Waals surface area contributed by atoms with Crippen molar-refractivity contribution in [1.29, 1.82) is 5.26 Å². The molecule has 0 radical (unpaired) electrons. The lowest BCUT2D eigenvalue weighted by atomic mass is 10.3. The van der Waals surface area contributed by atoms with Gasteiger partial charge < -0.3 is 14.6 Å². The fourth-order valence-corrected chi connectivity index (χ4v) is 1.45. The average Bonchev–Trinajstić information content (AvgIpc) is 2.74. The maximum absolute atomic E-state index is 8.88. The Bertz CT molecular complexity index is 343. The second-order valence-electron chi connectivity index (χ2n) is 3.45. The monoisotopic (exact) mass is 224 g/mol. The minimum atomic E-state index is 0.0667. The number of aliphatic hydroxyl groups excluding tert-OH is 2. The number of hydrogen-bond donors (Lipinski definition) is 2. The molecule has 0 aliphatic carbocycles. The van der Waals surface area contributed by atoms with Gasteiger partial charge in [0.05, 0.1) is 13.2 Å². The molecule has 0 spiro atoms. The maximum Gasteiger partial charge on any atom is 0.203 e. The third kappa shape index (κ3) is 4.03. The maximum atomic E-state index is 8.88. The zero-order valence-corrected chi connectivity index (χ0v) is 9.09. The van der Waals surface area contributed by atoms with Gasteiger partial charge in [-0.15, -0.1) is 0 Å². The summed E-state index contributed by atoms with van der Waals surface area (Å²) in [5.74, 6) is 0.990. The molecular formula is C11H16N2O3. The van der Waals surface area contributed by atoms with Gasteiger partial charge in [-0.1, -0.05) is 0 Å². The van der Waals surface area contributed by atoms with Crippen molar-refractivity contribution in [1.82, 2.24) is 4.90 Å². The zero-order valence-electron chi connectivity index (χ0n) is 9.09. The van der Waals surface area contributed by atoms with Crippen molar-refractivity contribution in [3.8, 4) is 6.07 Å². The second kappa shape index (κ2) is 7.01. The van der Waals surface area contributed by atoms with Crippen molar-refractivity contribution in [3.05, 3.63) is 23.7 Å². The molecule has 0 unspecified atom stereocenters. The summed E-state index contributed by atoms with van der Waals surface area (Å²) in [5, 5.41) is 26.2. The Kier molecular flexibility index (Phi) is 5.57. The van der Waals surface area contributed by atoms with Crippen LogP contribution in [-0.2, 0) is 6.54 Å². The van der Waals surface area contributed by atoms with Gasteiger partial charge in [0.2, 0.25) is 5.76 Å². The minimum Gasteiger partial charge on any atom is -0.449 e. The first-order valence-electron chi connectivity index (χ1n) is 5.23. The van der Waals surface area contributed by atoms with Crippen LogP contribution in [0.15, 0.2) is 16.5 Å². The van der Waals surface area contributed by atoms with Crippen LogP contribution in [0.1, 0.15) is 17.9 Å². The molecule has 5 nitrogen and oxygen atoms in total. The summed E-state index contributed by atoms with van der Waals surface area (Å²) in [7, 11) is 0. The van der Waals surface area contributed by atoms with Crippen LogP contribution < -0.4 is 0 Å². The Hall–Kier alpha value is -1.35. The van der Waals surface area contributed by atoms with Crippen LogP contribution in [0.4, 0.5) is 0 Å². The Morgan fingerprint density at radius 2 is 2.06 bits per heavy atom. The van der Waals surface area contributed by atoms with Crippen LogP contribution >= 0.6 is 0 Å². The third-order valence-electron chi connectivity index (χ3n) is 2.20. The van der Waals surface area contributed by atoms with E-state index >= 15 is 0 Å². The standard InChI is InChI=1S/C11H16N2O3/c12-8-10-2-3-11(16-10)9-13(5-7-15)4-1-6-14/h2-3,14-15H,1,4-7,9H2. The highest BCUT2D eigenvalue weighted by Crippen LogP contribution is 2.09. The summed E-state index contributed by atoms with van der Waals surface area (Å²) >= 11 is 0. The van der Waals surface area contributed by atoms with Crippen LogP contribution in [-0.4, -0.2) is 41.4 Å². The summed E-state index contributed by atoms with van der Waals surface area (Å²) in [5.41, 5.74) is 0. The van der Waals surface area contributed by atoms with Crippen LogP contribution in [0.5, 0.6) is 0 Å². The predicted molar refractivity (Wildman–Crippen MR) is 57.5 cm³/mol. The van der Waals surface area contributed by atoms with Crippen molar-refractivity contribution < 1.29 is 14.6 Å². The van der Waals surface area contributed by atoms with E-state index in [0.29, 0.717) is 37.6 Å². The van der Waals surface area contributed by atoms with E-state index in [2.05, 4.69) is 0 Å². The number of aliphatic hydroxyl groups is 2. The van der Waals surface area contributed by atoms with Gasteiger partial charge in [0.1, 0.15) is 11.8 Å². The number of furan rings is 1. The summed E-state index contributed by atoms with van der Waals surface area (Å²) in [6.45, 7) is 1.96. The van der Waals surface area contributed by atoms with Gasteiger partial charge in [-0.3, -0.25) is 4.90 Å². The second-order valence-corrected chi connectivity index (χ2v) is 3.45. The molecule has 0 atom stereocenters. The van der Waals surface area contributed by atoms with Gasteiger partial charge >= 0.3 is 0 Å². The average molecular weight is 224 g/mol. The van der Waals surface area contributed by atoms with Crippen LogP contribution in [0.25, 0.3) is 0 Å². The van der Waals surface area contributed by atoms with E-state index < -0.39 is 0 Å². The highest BCUT2D eigenvalue weighted by atomic mass is 16.3. The van der Waals surface area contributed by atoms with E-state index in [1.165, 1.54) is 0 Å². The third-order valence-corrected chi connectivity index (χ3v) is 2.20. The van der Waals surface area contributed by atoms with Crippen LogP contribution in [0.2, 0.25) is 0 Å². The molecule has 0 aliphatic rings. The summed E-state index contributed by atoms with van der Waals surface area (Å²) in [6, 6.07) is 5.30. The number of nitriles is 1. The molecule has 0 amide bonds. The minimum absolute atomic E-state index is 0.0667. The van der Waals surface area contributed by atoms with Crippen LogP contribution in [0, 0.1) is 11.3 Å². The normalized spacial score (nSPS) is 10.6. The van der Waals surface area contributed by atoms with Gasteiger partial charge in [0.25, 0.3) is 0 Å². The van der Waals surface area contributed by atoms with Crippen molar-refractivity contribution in [3.63, 3.8) is 0 Å². The lowest BCUT2D eigenvalue weighted by Gasteiger charge is -2.19. The predicted octanol–water partition coefficient (Wildman–Crippen LogP) is 0.328. The van der Waals surface area contributed by atoms with E-state index in [1.54, 1.807) is 12.1 Å². The molecular weight excluding hydrogens is 208 g/mol. The molecule has 0 aromatic carbocycles. The van der Waals surface area contributed by atoms with Gasteiger partial charge in [0.15, 0.2) is 0 Å². The van der Waals surface area contributed by atoms with Gasteiger partial charge in [-0.05, 0) is 18.6 Å². The first-order chi connectivity index (χ1) is 7.80. The van der Waals surface area contributed by atoms with E-state index in [4.69, 9.17) is 19.9 Å². The topological polar surface area (TPSA) is 80.6 Å². The molecule has 1 heterocycles. The number of nitrogens with zero attached hydrogens (tertiary/aromatic N) is 2. The summed E-state index contributed by atoms with van der Waals surface area (Å²) in [4.78, 5) is 1.97. The summed E-state index contributed by atoms with van der Waals surface area (Å²) in [6.07, 6.45) is 0.659. The van der Waals surface area contributed by atoms with Crippen molar-refractivity contribution in [2.75, 3.05) is 26.3 Å². The molecule has 16 heavy (non-hydrogen) atoms. The molecule has 5 heteroatoms. The molecule has 0 saturated carbocycles. The molecule has 0 bridgehead atoms. The first kappa shape index (κ1) is 12.7. The molecule has 1 aromatic rings. The lowest BCUT2D eigenvalue weighted by molar-refractivity contribution is 0.166. The highest BCUT2D eigenvalue weighted by Gasteiger charge is 2.08. The Balaban J connectivity index is 2.50. The molecule has 1 aromatic heterocycles. The van der Waals surface area contributed by atoms with E-state index in [-0.39, 0.29) is 13.2 Å². The molecule has 0 fully saturated rings. The van der Waals surface area contributed by atoms with Gasteiger partial charge in [0, 0.05) is 19.7 Å². The molecule has 2 N–H and O–H groups in total. The van der Waals surface area contributed by atoms with Crippen molar-refractivity contribution in [2.45, 2.75) is 13.0 Å². The van der Waals surface area contributed by atoms with Crippen LogP contribution in [0.3, 0.4) is 0 Å². The quantitative estimate of drug-likeness (QED) is 0.697. The molecule has 0 saturated heterocycles. The molecule has 1 rings (SSSR count). The van der Waals surface area contributed by atoms with Crippen molar-refractivity contribution >= 4 is 0 Å². The fraction of sp³-hybridized carbons (Fsp3) is 0.545.